The number of thioether (sulfide) groups is 1. The third-order valence-corrected chi connectivity index (χ3v) is 4.29. The molecule has 0 radical (unpaired) electrons. The van der Waals surface area contributed by atoms with Gasteiger partial charge in [0.1, 0.15) is 10.6 Å². The first-order valence-electron chi connectivity index (χ1n) is 5.83. The lowest BCUT2D eigenvalue weighted by Crippen LogP contribution is -2.24. The van der Waals surface area contributed by atoms with Gasteiger partial charge in [-0.3, -0.25) is 4.79 Å². The minimum absolute atomic E-state index is 0.236. The molecule has 0 bridgehead atoms. The Morgan fingerprint density at radius 2 is 2.26 bits per heavy atom. The topological polar surface area (TPSA) is 55.0 Å². The lowest BCUT2D eigenvalue weighted by molar-refractivity contribution is -0.151. The Balaban J connectivity index is 2.06. The molecule has 0 atom stereocenters. The summed E-state index contributed by atoms with van der Waals surface area (Å²) in [5, 5.41) is 1.85. The molecule has 0 fully saturated rings. The van der Waals surface area contributed by atoms with Crippen LogP contribution in [0.5, 0.6) is 0 Å². The predicted octanol–water partition coefficient (Wildman–Crippen LogP) is 3.76. The number of nitrogens with one attached hydrogen (secondary N) is 1. The average molecular weight is 343 g/mol. The number of hydrogen-bond donors (Lipinski definition) is 1. The normalized spacial score (nSPS) is 11.8. The molecule has 2 rings (SSSR count). The number of nitrogens with zero attached hydrogens (tertiary/aromatic N) is 1. The summed E-state index contributed by atoms with van der Waals surface area (Å²) in [4.78, 5) is 19.1. The van der Waals surface area contributed by atoms with Gasteiger partial charge in [-0.15, -0.1) is 0 Å². The van der Waals surface area contributed by atoms with E-state index in [9.17, 15) is 4.79 Å². The van der Waals surface area contributed by atoms with Crippen LogP contribution in [-0.4, -0.2) is 27.3 Å². The number of carbonyl (C=O) groups excluding carboxylic acids is 1. The van der Waals surface area contributed by atoms with Crippen molar-refractivity contribution in [3.05, 3.63) is 22.9 Å². The molecular weight excluding hydrogens is 328 g/mol. The molecule has 0 aliphatic heterocycles. The zero-order valence-electron chi connectivity index (χ0n) is 11.0. The maximum atomic E-state index is 11.7. The smallest absolute Gasteiger partial charge is 0.316 e. The van der Waals surface area contributed by atoms with Gasteiger partial charge in [0, 0.05) is 11.6 Å². The number of pyridine rings is 1. The van der Waals surface area contributed by atoms with Crippen LogP contribution in [0.25, 0.3) is 10.9 Å². The van der Waals surface area contributed by atoms with Crippen LogP contribution in [0.1, 0.15) is 20.8 Å². The van der Waals surface area contributed by atoms with Crippen LogP contribution in [0.3, 0.4) is 0 Å². The number of ether oxygens (including phenoxy) is 1. The number of esters is 1. The molecule has 6 heteroatoms. The van der Waals surface area contributed by atoms with Gasteiger partial charge in [-0.2, -0.15) is 0 Å². The third kappa shape index (κ3) is 3.73. The van der Waals surface area contributed by atoms with Gasteiger partial charge in [0.05, 0.1) is 21.9 Å². The van der Waals surface area contributed by atoms with Crippen LogP contribution in [0.15, 0.2) is 28.0 Å². The lowest BCUT2D eigenvalue weighted by atomic mass is 10.2. The number of halogens is 1. The van der Waals surface area contributed by atoms with Crippen LogP contribution in [0.4, 0.5) is 0 Å². The number of fused-ring (bicyclic) bond motifs is 1. The largest absolute Gasteiger partial charge is 0.459 e. The number of aromatic nitrogens is 2. The number of H-pyrrole nitrogens is 1. The van der Waals surface area contributed by atoms with Gasteiger partial charge < -0.3 is 9.72 Å². The molecule has 0 aliphatic rings. The molecule has 2 aromatic heterocycles. The summed E-state index contributed by atoms with van der Waals surface area (Å²) in [6, 6.07) is 1.97. The molecule has 19 heavy (non-hydrogen) atoms. The molecule has 0 aliphatic carbocycles. The van der Waals surface area contributed by atoms with E-state index in [-0.39, 0.29) is 11.7 Å². The van der Waals surface area contributed by atoms with E-state index in [0.29, 0.717) is 0 Å². The van der Waals surface area contributed by atoms with E-state index in [1.54, 1.807) is 6.20 Å². The molecule has 0 saturated heterocycles. The Kier molecular flexibility index (Phi) is 4.20. The van der Waals surface area contributed by atoms with E-state index in [1.165, 1.54) is 11.8 Å². The molecule has 1 N–H and O–H groups in total. The fraction of sp³-hybridized carbons (Fsp3) is 0.385. The molecule has 0 unspecified atom stereocenters. The molecule has 0 saturated carbocycles. The Hall–Kier alpha value is -1.01. The monoisotopic (exact) mass is 342 g/mol. The van der Waals surface area contributed by atoms with Crippen LogP contribution >= 0.6 is 27.7 Å². The van der Waals surface area contributed by atoms with Gasteiger partial charge >= 0.3 is 5.97 Å². The van der Waals surface area contributed by atoms with Crippen molar-refractivity contribution in [2.75, 3.05) is 5.75 Å². The Morgan fingerprint density at radius 1 is 1.53 bits per heavy atom. The van der Waals surface area contributed by atoms with Gasteiger partial charge in [0.2, 0.25) is 0 Å². The highest BCUT2D eigenvalue weighted by atomic mass is 79.9. The second-order valence-electron chi connectivity index (χ2n) is 5.06. The third-order valence-electron chi connectivity index (χ3n) is 2.26. The first kappa shape index (κ1) is 14.4. The highest BCUT2D eigenvalue weighted by Gasteiger charge is 2.17. The maximum Gasteiger partial charge on any atom is 0.316 e. The van der Waals surface area contributed by atoms with Crippen molar-refractivity contribution in [2.45, 2.75) is 31.4 Å². The average Bonchev–Trinajstić information content (AvgIpc) is 2.74. The summed E-state index contributed by atoms with van der Waals surface area (Å²) >= 11 is 4.88. The van der Waals surface area contributed by atoms with E-state index in [2.05, 4.69) is 25.9 Å². The summed E-state index contributed by atoms with van der Waals surface area (Å²) in [5.74, 6) is 0.0130. The summed E-state index contributed by atoms with van der Waals surface area (Å²) in [6.45, 7) is 5.57. The summed E-state index contributed by atoms with van der Waals surface area (Å²) in [5.41, 5.74) is 0.515. The summed E-state index contributed by atoms with van der Waals surface area (Å²) in [7, 11) is 0. The second-order valence-corrected chi connectivity index (χ2v) is 6.81. The Morgan fingerprint density at radius 3 is 2.95 bits per heavy atom. The van der Waals surface area contributed by atoms with Crippen molar-refractivity contribution in [1.82, 2.24) is 9.97 Å². The number of rotatable bonds is 3. The molecule has 0 spiro atoms. The van der Waals surface area contributed by atoms with Gasteiger partial charge in [-0.25, -0.2) is 4.98 Å². The highest BCUT2D eigenvalue weighted by Crippen LogP contribution is 2.31. The first-order chi connectivity index (χ1) is 8.87. The Labute approximate surface area is 124 Å². The van der Waals surface area contributed by atoms with Crippen molar-refractivity contribution < 1.29 is 9.53 Å². The van der Waals surface area contributed by atoms with Crippen molar-refractivity contribution >= 4 is 44.6 Å². The lowest BCUT2D eigenvalue weighted by Gasteiger charge is -2.19. The SMILES string of the molecule is CC(C)(C)OC(=O)CSc1ncc2[nH]ccc2c1Br. The quantitative estimate of drug-likeness (QED) is 0.681. The second kappa shape index (κ2) is 5.54. The van der Waals surface area contributed by atoms with E-state index in [4.69, 9.17) is 4.74 Å². The van der Waals surface area contributed by atoms with Crippen LogP contribution < -0.4 is 0 Å². The molecule has 0 aromatic carbocycles. The van der Waals surface area contributed by atoms with E-state index >= 15 is 0 Å². The van der Waals surface area contributed by atoms with E-state index < -0.39 is 5.60 Å². The standard InChI is InChI=1S/C13H15BrN2O2S/c1-13(2,3)18-10(17)7-19-12-11(14)8-4-5-15-9(8)6-16-12/h4-6,15H,7H2,1-3H3. The highest BCUT2D eigenvalue weighted by molar-refractivity contribution is 9.10. The van der Waals surface area contributed by atoms with Crippen molar-refractivity contribution in [3.63, 3.8) is 0 Å². The minimum atomic E-state index is -0.451. The zero-order valence-corrected chi connectivity index (χ0v) is 13.4. The minimum Gasteiger partial charge on any atom is -0.459 e. The molecule has 0 amide bonds. The van der Waals surface area contributed by atoms with Crippen LogP contribution in [0.2, 0.25) is 0 Å². The van der Waals surface area contributed by atoms with E-state index in [1.807, 2.05) is 33.0 Å². The molecular formula is C13H15BrN2O2S. The predicted molar refractivity (Wildman–Crippen MR) is 80.4 cm³/mol. The van der Waals surface area contributed by atoms with Crippen LogP contribution in [0, 0.1) is 0 Å². The summed E-state index contributed by atoms with van der Waals surface area (Å²) in [6.07, 6.45) is 3.62. The van der Waals surface area contributed by atoms with Gasteiger partial charge in [-0.05, 0) is 42.8 Å². The maximum absolute atomic E-state index is 11.7. The summed E-state index contributed by atoms with van der Waals surface area (Å²) < 4.78 is 6.17. The molecule has 4 nitrogen and oxygen atoms in total. The zero-order chi connectivity index (χ0) is 14.0. The van der Waals surface area contributed by atoms with Crippen molar-refractivity contribution in [1.29, 1.82) is 0 Å². The number of aromatic amines is 1. The Bertz CT molecular complexity index is 604. The van der Waals surface area contributed by atoms with Gasteiger partial charge in [-0.1, -0.05) is 11.8 Å². The molecule has 102 valence electrons. The molecule has 2 heterocycles. The number of hydrogen-bond acceptors (Lipinski definition) is 4. The van der Waals surface area contributed by atoms with Gasteiger partial charge in [0.15, 0.2) is 0 Å². The van der Waals surface area contributed by atoms with Crippen molar-refractivity contribution in [3.8, 4) is 0 Å². The van der Waals surface area contributed by atoms with Crippen molar-refractivity contribution in [2.24, 2.45) is 0 Å². The van der Waals surface area contributed by atoms with Gasteiger partial charge in [0.25, 0.3) is 0 Å². The molecule has 2 aromatic rings. The van der Waals surface area contributed by atoms with Crippen LogP contribution in [-0.2, 0) is 9.53 Å². The fourth-order valence-electron chi connectivity index (χ4n) is 1.57. The first-order valence-corrected chi connectivity index (χ1v) is 7.61. The fourth-order valence-corrected chi connectivity index (χ4v) is 3.04. The van der Waals surface area contributed by atoms with E-state index in [0.717, 1.165) is 20.4 Å². The number of carbonyl (C=O) groups is 1.